The van der Waals surface area contributed by atoms with E-state index in [0.717, 1.165) is 5.57 Å². The van der Waals surface area contributed by atoms with Gasteiger partial charge in [0, 0.05) is 6.04 Å². The van der Waals surface area contributed by atoms with Gasteiger partial charge in [-0.3, -0.25) is 9.59 Å². The summed E-state index contributed by atoms with van der Waals surface area (Å²) in [6.45, 7) is 5.53. The first-order valence-corrected chi connectivity index (χ1v) is 4.99. The molecule has 0 spiro atoms. The van der Waals surface area contributed by atoms with E-state index in [0.29, 0.717) is 12.8 Å². The lowest BCUT2D eigenvalue weighted by Crippen LogP contribution is -2.30. The van der Waals surface area contributed by atoms with Crippen LogP contribution in [0.1, 0.15) is 19.8 Å². The monoisotopic (exact) mass is 223 g/mol. The molecule has 1 amide bonds. The lowest BCUT2D eigenvalue weighted by molar-refractivity contribution is -0.137. The van der Waals surface area contributed by atoms with Crippen molar-refractivity contribution in [3.05, 3.63) is 36.5 Å². The second-order valence-corrected chi connectivity index (χ2v) is 3.25. The molecule has 0 saturated carbocycles. The molecule has 88 valence electrons. The lowest BCUT2D eigenvalue weighted by atomic mass is 10.0. The van der Waals surface area contributed by atoms with E-state index in [2.05, 4.69) is 11.9 Å². The summed E-state index contributed by atoms with van der Waals surface area (Å²) < 4.78 is 0. The third-order valence-corrected chi connectivity index (χ3v) is 1.97. The molecule has 0 fully saturated rings. The van der Waals surface area contributed by atoms with Crippen molar-refractivity contribution in [1.29, 1.82) is 0 Å². The van der Waals surface area contributed by atoms with Crippen molar-refractivity contribution in [2.45, 2.75) is 25.8 Å². The summed E-state index contributed by atoms with van der Waals surface area (Å²) in [5, 5.41) is 11.1. The van der Waals surface area contributed by atoms with Gasteiger partial charge in [0.15, 0.2) is 0 Å². The summed E-state index contributed by atoms with van der Waals surface area (Å²) in [4.78, 5) is 20.9. The highest BCUT2D eigenvalue weighted by Gasteiger charge is 2.12. The number of rotatable bonds is 8. The fraction of sp³-hybridized carbons (Fsp3) is 0.333. The number of carboxylic acids is 1. The van der Waals surface area contributed by atoms with E-state index in [4.69, 9.17) is 5.11 Å². The normalized spacial score (nSPS) is 13.4. The SMILES string of the molecule is C=C/C(=C\C=C/C)C[C@H](CC(=O)O)NC=O. The lowest BCUT2D eigenvalue weighted by Gasteiger charge is -2.13. The Bertz CT molecular complexity index is 305. The van der Waals surface area contributed by atoms with Crippen LogP contribution in [0.4, 0.5) is 0 Å². The van der Waals surface area contributed by atoms with Crippen LogP contribution in [-0.2, 0) is 9.59 Å². The van der Waals surface area contributed by atoms with E-state index in [1.165, 1.54) is 0 Å². The summed E-state index contributed by atoms with van der Waals surface area (Å²) in [7, 11) is 0. The number of hydrogen-bond acceptors (Lipinski definition) is 2. The smallest absolute Gasteiger partial charge is 0.305 e. The Hall–Kier alpha value is -1.84. The summed E-state index contributed by atoms with van der Waals surface area (Å²) in [6.07, 6.45) is 8.08. The van der Waals surface area contributed by atoms with Crippen LogP contribution >= 0.6 is 0 Å². The van der Waals surface area contributed by atoms with Gasteiger partial charge in [0.2, 0.25) is 6.41 Å². The van der Waals surface area contributed by atoms with Crippen LogP contribution in [0.5, 0.6) is 0 Å². The summed E-state index contributed by atoms with van der Waals surface area (Å²) >= 11 is 0. The van der Waals surface area contributed by atoms with E-state index in [1.807, 2.05) is 25.2 Å². The number of carboxylic acid groups (broad SMARTS) is 1. The van der Waals surface area contributed by atoms with Crippen LogP contribution in [0.2, 0.25) is 0 Å². The Labute approximate surface area is 95.4 Å². The molecule has 0 aromatic rings. The minimum absolute atomic E-state index is 0.0975. The number of carbonyl (C=O) groups excluding carboxylic acids is 1. The standard InChI is InChI=1S/C12H17NO3/c1-3-5-6-10(4-2)7-11(13-9-14)8-12(15)16/h3-6,9,11H,2,7-8H2,1H3,(H,13,14)(H,15,16)/b5-3-,10-6+/t11-/m1/s1. The number of nitrogens with one attached hydrogen (secondary N) is 1. The Morgan fingerprint density at radius 1 is 1.50 bits per heavy atom. The van der Waals surface area contributed by atoms with Gasteiger partial charge in [0.1, 0.15) is 0 Å². The maximum Gasteiger partial charge on any atom is 0.305 e. The fourth-order valence-corrected chi connectivity index (χ4v) is 1.22. The molecular formula is C12H17NO3. The van der Waals surface area contributed by atoms with Crippen LogP contribution in [0.3, 0.4) is 0 Å². The molecule has 16 heavy (non-hydrogen) atoms. The van der Waals surface area contributed by atoms with Crippen LogP contribution < -0.4 is 5.32 Å². The number of allylic oxidation sites excluding steroid dienone is 4. The molecule has 0 aliphatic carbocycles. The van der Waals surface area contributed by atoms with E-state index in [1.54, 1.807) is 6.08 Å². The van der Waals surface area contributed by atoms with Crippen molar-refractivity contribution in [3.8, 4) is 0 Å². The minimum atomic E-state index is -0.936. The van der Waals surface area contributed by atoms with Crippen molar-refractivity contribution in [2.75, 3.05) is 0 Å². The summed E-state index contributed by atoms with van der Waals surface area (Å²) in [5.74, 6) is -0.936. The van der Waals surface area contributed by atoms with Crippen LogP contribution in [-0.4, -0.2) is 23.5 Å². The number of carbonyl (C=O) groups is 2. The first-order chi connectivity index (χ1) is 7.63. The average molecular weight is 223 g/mol. The third-order valence-electron chi connectivity index (χ3n) is 1.97. The van der Waals surface area contributed by atoms with E-state index in [9.17, 15) is 9.59 Å². The molecule has 0 heterocycles. The average Bonchev–Trinajstić information content (AvgIpc) is 2.23. The van der Waals surface area contributed by atoms with E-state index < -0.39 is 12.0 Å². The van der Waals surface area contributed by atoms with Crippen LogP contribution in [0, 0.1) is 0 Å². The second kappa shape index (κ2) is 8.47. The Morgan fingerprint density at radius 2 is 2.19 bits per heavy atom. The predicted octanol–water partition coefficient (Wildman–Crippen LogP) is 1.65. The zero-order chi connectivity index (χ0) is 12.4. The molecule has 1 atom stereocenters. The van der Waals surface area contributed by atoms with Gasteiger partial charge in [-0.25, -0.2) is 0 Å². The molecule has 0 bridgehead atoms. The van der Waals surface area contributed by atoms with Gasteiger partial charge in [-0.05, 0) is 18.9 Å². The van der Waals surface area contributed by atoms with Crippen LogP contribution in [0.25, 0.3) is 0 Å². The molecule has 0 saturated heterocycles. The number of hydrogen-bond donors (Lipinski definition) is 2. The van der Waals surface area contributed by atoms with Gasteiger partial charge in [0.25, 0.3) is 0 Å². The molecule has 0 aromatic carbocycles. The molecule has 0 unspecified atom stereocenters. The molecule has 0 rings (SSSR count). The first kappa shape index (κ1) is 14.2. The molecule has 0 aliphatic rings. The Kier molecular flexibility index (Phi) is 7.49. The maximum absolute atomic E-state index is 10.6. The maximum atomic E-state index is 10.6. The highest BCUT2D eigenvalue weighted by molar-refractivity contribution is 5.68. The van der Waals surface area contributed by atoms with Crippen molar-refractivity contribution >= 4 is 12.4 Å². The highest BCUT2D eigenvalue weighted by Crippen LogP contribution is 2.09. The van der Waals surface area contributed by atoms with E-state index in [-0.39, 0.29) is 6.42 Å². The Morgan fingerprint density at radius 3 is 2.62 bits per heavy atom. The molecule has 2 N–H and O–H groups in total. The van der Waals surface area contributed by atoms with Crippen molar-refractivity contribution < 1.29 is 14.7 Å². The van der Waals surface area contributed by atoms with Gasteiger partial charge >= 0.3 is 5.97 Å². The first-order valence-electron chi connectivity index (χ1n) is 4.99. The molecular weight excluding hydrogens is 206 g/mol. The van der Waals surface area contributed by atoms with Gasteiger partial charge in [-0.15, -0.1) is 0 Å². The molecule has 4 heteroatoms. The van der Waals surface area contributed by atoms with Crippen molar-refractivity contribution in [2.24, 2.45) is 0 Å². The third kappa shape index (κ3) is 6.59. The highest BCUT2D eigenvalue weighted by atomic mass is 16.4. The molecule has 4 nitrogen and oxygen atoms in total. The molecule has 0 radical (unpaired) electrons. The van der Waals surface area contributed by atoms with Crippen molar-refractivity contribution in [3.63, 3.8) is 0 Å². The van der Waals surface area contributed by atoms with Gasteiger partial charge in [0.05, 0.1) is 6.42 Å². The zero-order valence-corrected chi connectivity index (χ0v) is 9.35. The number of aliphatic carboxylic acids is 1. The summed E-state index contributed by atoms with van der Waals surface area (Å²) in [5.41, 5.74) is 0.888. The number of amides is 1. The molecule has 0 aliphatic heterocycles. The zero-order valence-electron chi connectivity index (χ0n) is 9.35. The molecule has 0 aromatic heterocycles. The van der Waals surface area contributed by atoms with Gasteiger partial charge in [-0.1, -0.05) is 30.9 Å². The second-order valence-electron chi connectivity index (χ2n) is 3.25. The van der Waals surface area contributed by atoms with Crippen molar-refractivity contribution in [1.82, 2.24) is 5.32 Å². The van der Waals surface area contributed by atoms with Crippen LogP contribution in [0.15, 0.2) is 36.5 Å². The Balaban J connectivity index is 4.50. The quantitative estimate of drug-likeness (QED) is 0.485. The predicted molar refractivity (Wildman–Crippen MR) is 63.0 cm³/mol. The van der Waals surface area contributed by atoms with E-state index >= 15 is 0 Å². The fourth-order valence-electron chi connectivity index (χ4n) is 1.22. The van der Waals surface area contributed by atoms with Gasteiger partial charge in [-0.2, -0.15) is 0 Å². The largest absolute Gasteiger partial charge is 0.481 e. The topological polar surface area (TPSA) is 66.4 Å². The minimum Gasteiger partial charge on any atom is -0.481 e. The summed E-state index contributed by atoms with van der Waals surface area (Å²) in [6, 6.07) is -0.399. The van der Waals surface area contributed by atoms with Gasteiger partial charge < -0.3 is 10.4 Å².